The zero-order valence-electron chi connectivity index (χ0n) is 15.2. The van der Waals surface area contributed by atoms with Crippen LogP contribution in [0.3, 0.4) is 0 Å². The number of nitrogens with one attached hydrogen (secondary N) is 2. The van der Waals surface area contributed by atoms with E-state index in [-0.39, 0.29) is 17.8 Å². The summed E-state index contributed by atoms with van der Waals surface area (Å²) in [4.78, 5) is 15.6. The van der Waals surface area contributed by atoms with E-state index in [1.54, 1.807) is 6.07 Å². The average molecular weight is 363 g/mol. The molecule has 27 heavy (non-hydrogen) atoms. The average Bonchev–Trinajstić information content (AvgIpc) is 3.24. The van der Waals surface area contributed by atoms with Gasteiger partial charge in [0, 0.05) is 42.3 Å². The standard InChI is InChI=1S/C22H22FN3O/c1-15(12-17-14-24-20-5-3-2-4-19(17)20)25-22(27)9-11-26-10-8-16-6-7-18(23)13-21(16)26/h2-8,10,13-15,24H,9,11-12H2,1H3,(H,25,27)/t15-/m0/s1. The van der Waals surface area contributed by atoms with Crippen molar-refractivity contribution in [3.05, 3.63) is 72.3 Å². The first-order valence-corrected chi connectivity index (χ1v) is 9.19. The number of benzene rings is 2. The smallest absolute Gasteiger partial charge is 0.222 e. The number of rotatable bonds is 6. The molecular weight excluding hydrogens is 341 g/mol. The molecule has 2 aromatic carbocycles. The van der Waals surface area contributed by atoms with E-state index in [1.165, 1.54) is 23.1 Å². The molecule has 0 spiro atoms. The van der Waals surface area contributed by atoms with E-state index < -0.39 is 0 Å². The molecule has 0 bridgehead atoms. The number of halogens is 1. The van der Waals surface area contributed by atoms with Crippen LogP contribution in [0.15, 0.2) is 60.9 Å². The maximum atomic E-state index is 13.5. The molecule has 138 valence electrons. The van der Waals surface area contributed by atoms with Crippen molar-refractivity contribution < 1.29 is 9.18 Å². The van der Waals surface area contributed by atoms with Crippen molar-refractivity contribution >= 4 is 27.7 Å². The van der Waals surface area contributed by atoms with Crippen LogP contribution in [0.1, 0.15) is 18.9 Å². The Bertz CT molecular complexity index is 1100. The zero-order valence-corrected chi connectivity index (χ0v) is 15.2. The van der Waals surface area contributed by atoms with Crippen LogP contribution < -0.4 is 5.32 Å². The Kier molecular flexibility index (Phi) is 4.67. The molecule has 2 N–H and O–H groups in total. The molecule has 1 amide bonds. The largest absolute Gasteiger partial charge is 0.361 e. The van der Waals surface area contributed by atoms with Crippen molar-refractivity contribution in [2.75, 3.05) is 0 Å². The van der Waals surface area contributed by atoms with Crippen molar-refractivity contribution in [3.8, 4) is 0 Å². The molecule has 0 aliphatic rings. The summed E-state index contributed by atoms with van der Waals surface area (Å²) in [6, 6.07) is 14.8. The van der Waals surface area contributed by atoms with Crippen LogP contribution in [0.2, 0.25) is 0 Å². The van der Waals surface area contributed by atoms with Gasteiger partial charge in [0.2, 0.25) is 5.91 Å². The highest BCUT2D eigenvalue weighted by Gasteiger charge is 2.12. The summed E-state index contributed by atoms with van der Waals surface area (Å²) in [6.45, 7) is 2.54. The molecule has 4 aromatic rings. The second kappa shape index (κ2) is 7.27. The Morgan fingerprint density at radius 3 is 2.96 bits per heavy atom. The van der Waals surface area contributed by atoms with E-state index in [0.717, 1.165) is 22.8 Å². The number of aryl methyl sites for hydroxylation is 1. The first-order valence-electron chi connectivity index (χ1n) is 9.19. The van der Waals surface area contributed by atoms with Crippen LogP contribution in [0.25, 0.3) is 21.8 Å². The minimum Gasteiger partial charge on any atom is -0.361 e. The Morgan fingerprint density at radius 2 is 2.07 bits per heavy atom. The van der Waals surface area contributed by atoms with Crippen LogP contribution in [0.4, 0.5) is 4.39 Å². The highest BCUT2D eigenvalue weighted by atomic mass is 19.1. The molecule has 4 nitrogen and oxygen atoms in total. The Morgan fingerprint density at radius 1 is 1.22 bits per heavy atom. The SMILES string of the molecule is C[C@@H](Cc1c[nH]c2ccccc12)NC(=O)CCn1ccc2ccc(F)cc21. The Hall–Kier alpha value is -3.08. The van der Waals surface area contributed by atoms with Gasteiger partial charge in [0.1, 0.15) is 5.82 Å². The number of amides is 1. The number of H-pyrrole nitrogens is 1. The summed E-state index contributed by atoms with van der Waals surface area (Å²) in [5, 5.41) is 5.23. The number of hydrogen-bond donors (Lipinski definition) is 2. The zero-order chi connectivity index (χ0) is 18.8. The third-order valence-corrected chi connectivity index (χ3v) is 4.92. The maximum absolute atomic E-state index is 13.5. The van der Waals surface area contributed by atoms with Crippen LogP contribution in [0.5, 0.6) is 0 Å². The summed E-state index contributed by atoms with van der Waals surface area (Å²) in [5.41, 5.74) is 3.12. The van der Waals surface area contributed by atoms with Gasteiger partial charge in [0.05, 0.1) is 5.52 Å². The van der Waals surface area contributed by atoms with Gasteiger partial charge in [-0.15, -0.1) is 0 Å². The van der Waals surface area contributed by atoms with E-state index in [2.05, 4.69) is 16.4 Å². The lowest BCUT2D eigenvalue weighted by Gasteiger charge is -2.14. The van der Waals surface area contributed by atoms with E-state index in [4.69, 9.17) is 0 Å². The van der Waals surface area contributed by atoms with Gasteiger partial charge < -0.3 is 14.9 Å². The molecule has 2 aromatic heterocycles. The second-order valence-electron chi connectivity index (χ2n) is 6.99. The van der Waals surface area contributed by atoms with Gasteiger partial charge in [0.15, 0.2) is 0 Å². The number of carbonyl (C=O) groups is 1. The van der Waals surface area contributed by atoms with Crippen LogP contribution >= 0.6 is 0 Å². The fourth-order valence-electron chi connectivity index (χ4n) is 3.60. The van der Waals surface area contributed by atoms with Crippen molar-refractivity contribution in [1.82, 2.24) is 14.9 Å². The summed E-state index contributed by atoms with van der Waals surface area (Å²) < 4.78 is 15.4. The lowest BCUT2D eigenvalue weighted by Crippen LogP contribution is -2.34. The van der Waals surface area contributed by atoms with Crippen molar-refractivity contribution in [3.63, 3.8) is 0 Å². The first kappa shape index (κ1) is 17.3. The van der Waals surface area contributed by atoms with Gasteiger partial charge in [-0.05, 0) is 54.6 Å². The van der Waals surface area contributed by atoms with Gasteiger partial charge in [-0.1, -0.05) is 18.2 Å². The second-order valence-corrected chi connectivity index (χ2v) is 6.99. The first-order chi connectivity index (χ1) is 13.1. The molecule has 5 heteroatoms. The normalized spacial score (nSPS) is 12.5. The van der Waals surface area contributed by atoms with Crippen molar-refractivity contribution in [1.29, 1.82) is 0 Å². The summed E-state index contributed by atoms with van der Waals surface area (Å²) in [5.74, 6) is -0.264. The van der Waals surface area contributed by atoms with Crippen molar-refractivity contribution in [2.24, 2.45) is 0 Å². The number of aromatic amines is 1. The van der Waals surface area contributed by atoms with Gasteiger partial charge >= 0.3 is 0 Å². The Labute approximate surface area is 157 Å². The molecular formula is C22H22FN3O. The topological polar surface area (TPSA) is 49.8 Å². The number of fused-ring (bicyclic) bond motifs is 2. The molecule has 0 saturated carbocycles. The third-order valence-electron chi connectivity index (χ3n) is 4.92. The van der Waals surface area contributed by atoms with Gasteiger partial charge in [-0.25, -0.2) is 4.39 Å². The highest BCUT2D eigenvalue weighted by Crippen LogP contribution is 2.19. The maximum Gasteiger partial charge on any atom is 0.222 e. The monoisotopic (exact) mass is 363 g/mol. The van der Waals surface area contributed by atoms with Gasteiger partial charge in [0.25, 0.3) is 0 Å². The van der Waals surface area contributed by atoms with E-state index in [0.29, 0.717) is 13.0 Å². The van der Waals surface area contributed by atoms with E-state index in [1.807, 2.05) is 48.1 Å². The number of carbonyl (C=O) groups excluding carboxylic acids is 1. The summed E-state index contributed by atoms with van der Waals surface area (Å²) in [6.07, 6.45) is 5.03. The predicted molar refractivity (Wildman–Crippen MR) is 106 cm³/mol. The van der Waals surface area contributed by atoms with Crippen LogP contribution in [-0.4, -0.2) is 21.5 Å². The lowest BCUT2D eigenvalue weighted by atomic mass is 10.1. The number of nitrogens with zero attached hydrogens (tertiary/aromatic N) is 1. The predicted octanol–water partition coefficient (Wildman–Crippen LogP) is 4.40. The number of hydrogen-bond acceptors (Lipinski definition) is 1. The van der Waals surface area contributed by atoms with Crippen LogP contribution in [0, 0.1) is 5.82 Å². The number of para-hydroxylation sites is 1. The minimum atomic E-state index is -0.265. The van der Waals surface area contributed by atoms with Gasteiger partial charge in [-0.3, -0.25) is 4.79 Å². The molecule has 0 aliphatic heterocycles. The molecule has 2 heterocycles. The lowest BCUT2D eigenvalue weighted by molar-refractivity contribution is -0.121. The third kappa shape index (κ3) is 3.72. The van der Waals surface area contributed by atoms with Crippen LogP contribution in [-0.2, 0) is 17.8 Å². The summed E-state index contributed by atoms with van der Waals surface area (Å²) >= 11 is 0. The molecule has 0 aliphatic carbocycles. The minimum absolute atomic E-state index is 0.000550. The molecule has 0 unspecified atom stereocenters. The summed E-state index contributed by atoms with van der Waals surface area (Å²) in [7, 11) is 0. The molecule has 4 rings (SSSR count). The molecule has 0 radical (unpaired) electrons. The fraction of sp³-hybridized carbons (Fsp3) is 0.227. The molecule has 0 saturated heterocycles. The molecule has 1 atom stereocenters. The fourth-order valence-corrected chi connectivity index (χ4v) is 3.60. The Balaban J connectivity index is 1.35. The van der Waals surface area contributed by atoms with E-state index in [9.17, 15) is 9.18 Å². The van der Waals surface area contributed by atoms with Crippen molar-refractivity contribution in [2.45, 2.75) is 32.4 Å². The number of aromatic nitrogens is 2. The highest BCUT2D eigenvalue weighted by molar-refractivity contribution is 5.83. The quantitative estimate of drug-likeness (QED) is 0.524. The van der Waals surface area contributed by atoms with Gasteiger partial charge in [-0.2, -0.15) is 0 Å². The molecule has 0 fully saturated rings. The van der Waals surface area contributed by atoms with E-state index >= 15 is 0 Å².